The highest BCUT2D eigenvalue weighted by Crippen LogP contribution is 2.39. The molecular formula is C18H25BN2O3. The predicted molar refractivity (Wildman–Crippen MR) is 94.6 cm³/mol. The number of benzene rings is 1. The smallest absolute Gasteiger partial charge is 0.490 e. The molecule has 1 fully saturated rings. The van der Waals surface area contributed by atoms with Gasteiger partial charge in [0.2, 0.25) is 0 Å². The van der Waals surface area contributed by atoms with Crippen LogP contribution in [0.4, 0.5) is 0 Å². The average molecular weight is 328 g/mol. The monoisotopic (exact) mass is 328 g/mol. The molecule has 2 heterocycles. The summed E-state index contributed by atoms with van der Waals surface area (Å²) in [5.41, 5.74) is 7.29. The largest absolute Gasteiger partial charge is 0.496 e. The Labute approximate surface area is 144 Å². The second kappa shape index (κ2) is 6.28. The van der Waals surface area contributed by atoms with Crippen LogP contribution in [0, 0.1) is 0 Å². The quantitative estimate of drug-likeness (QED) is 0.832. The van der Waals surface area contributed by atoms with Crippen molar-refractivity contribution in [1.29, 1.82) is 0 Å². The minimum absolute atomic E-state index is 0.375. The third-order valence-corrected chi connectivity index (χ3v) is 4.82. The summed E-state index contributed by atoms with van der Waals surface area (Å²) >= 11 is 0. The number of hydrogen-bond donors (Lipinski definition) is 2. The predicted octanol–water partition coefficient (Wildman–Crippen LogP) is 2.49. The zero-order chi connectivity index (χ0) is 17.4. The van der Waals surface area contributed by atoms with Crippen molar-refractivity contribution < 1.29 is 14.0 Å². The van der Waals surface area contributed by atoms with Crippen molar-refractivity contribution in [1.82, 2.24) is 5.32 Å². The summed E-state index contributed by atoms with van der Waals surface area (Å²) in [6.07, 6.45) is 3.37. The van der Waals surface area contributed by atoms with Gasteiger partial charge in [0.05, 0.1) is 11.2 Å². The Balaban J connectivity index is 1.71. The van der Waals surface area contributed by atoms with E-state index in [0.717, 1.165) is 11.0 Å². The van der Waals surface area contributed by atoms with Gasteiger partial charge in [-0.15, -0.1) is 0 Å². The summed E-state index contributed by atoms with van der Waals surface area (Å²) in [6, 6.07) is 10.0. The molecule has 0 bridgehead atoms. The van der Waals surface area contributed by atoms with Crippen LogP contribution in [0.15, 0.2) is 53.8 Å². The maximum atomic E-state index is 6.08. The zero-order valence-electron chi connectivity index (χ0n) is 14.7. The van der Waals surface area contributed by atoms with Crippen LogP contribution < -0.4 is 11.1 Å². The van der Waals surface area contributed by atoms with E-state index < -0.39 is 7.12 Å². The highest BCUT2D eigenvalue weighted by molar-refractivity contribution is 6.55. The van der Waals surface area contributed by atoms with Crippen LogP contribution in [-0.4, -0.2) is 24.5 Å². The van der Waals surface area contributed by atoms with Crippen molar-refractivity contribution in [2.75, 3.05) is 0 Å². The fraction of sp³-hybridized carbons (Fsp3) is 0.444. The van der Waals surface area contributed by atoms with Gasteiger partial charge in [0.25, 0.3) is 0 Å². The first-order valence-corrected chi connectivity index (χ1v) is 8.24. The summed E-state index contributed by atoms with van der Waals surface area (Å²) in [5.74, 6) is 0.672. The second-order valence-corrected chi connectivity index (χ2v) is 7.20. The Bertz CT molecular complexity index is 639. The summed E-state index contributed by atoms with van der Waals surface area (Å²) in [5, 5.41) is 3.11. The third-order valence-electron chi connectivity index (χ3n) is 4.82. The SMILES string of the molecule is CC1(C)OB(C2=CNC(N)C(OCc3ccccc3)=C2)OC1(C)C. The van der Waals surface area contributed by atoms with E-state index in [9.17, 15) is 0 Å². The highest BCUT2D eigenvalue weighted by Gasteiger charge is 2.52. The van der Waals surface area contributed by atoms with Crippen molar-refractivity contribution in [3.63, 3.8) is 0 Å². The molecule has 0 saturated carbocycles. The number of dihydropyridines is 1. The van der Waals surface area contributed by atoms with Gasteiger partial charge in [-0.25, -0.2) is 0 Å². The van der Waals surface area contributed by atoms with Gasteiger partial charge in [-0.1, -0.05) is 30.3 Å². The molecule has 1 unspecified atom stereocenters. The minimum Gasteiger partial charge on any atom is -0.490 e. The Hall–Kier alpha value is -1.76. The number of ether oxygens (including phenoxy) is 1. The van der Waals surface area contributed by atoms with Crippen LogP contribution in [0.25, 0.3) is 0 Å². The van der Waals surface area contributed by atoms with Gasteiger partial charge in [0.15, 0.2) is 0 Å². The highest BCUT2D eigenvalue weighted by atomic mass is 16.7. The molecule has 24 heavy (non-hydrogen) atoms. The van der Waals surface area contributed by atoms with Gasteiger partial charge >= 0.3 is 7.12 Å². The molecule has 3 rings (SSSR count). The Morgan fingerprint density at radius 2 is 1.75 bits per heavy atom. The van der Waals surface area contributed by atoms with Crippen LogP contribution >= 0.6 is 0 Å². The number of allylic oxidation sites excluding steroid dienone is 2. The van der Waals surface area contributed by atoms with Gasteiger partial charge in [-0.3, -0.25) is 0 Å². The molecule has 0 amide bonds. The molecule has 0 radical (unpaired) electrons. The van der Waals surface area contributed by atoms with E-state index in [0.29, 0.717) is 12.4 Å². The van der Waals surface area contributed by atoms with Crippen LogP contribution in [0.5, 0.6) is 0 Å². The molecule has 1 aromatic rings. The molecule has 1 saturated heterocycles. The molecule has 128 valence electrons. The Kier molecular flexibility index (Phi) is 4.47. The van der Waals surface area contributed by atoms with Crippen LogP contribution in [0.2, 0.25) is 0 Å². The van der Waals surface area contributed by atoms with Crippen molar-refractivity contribution in [2.24, 2.45) is 5.73 Å². The first-order valence-electron chi connectivity index (χ1n) is 8.24. The number of hydrogen-bond acceptors (Lipinski definition) is 5. The summed E-state index contributed by atoms with van der Waals surface area (Å²) in [6.45, 7) is 8.61. The van der Waals surface area contributed by atoms with E-state index in [1.54, 1.807) is 0 Å². The number of rotatable bonds is 4. The molecule has 5 nitrogen and oxygen atoms in total. The van der Waals surface area contributed by atoms with E-state index in [1.807, 2.05) is 70.3 Å². The van der Waals surface area contributed by atoms with Gasteiger partial charge < -0.3 is 25.1 Å². The van der Waals surface area contributed by atoms with Gasteiger partial charge in [0, 0.05) is 5.47 Å². The fourth-order valence-corrected chi connectivity index (χ4v) is 2.55. The number of nitrogens with two attached hydrogens (primary N) is 1. The summed E-state index contributed by atoms with van der Waals surface area (Å²) < 4.78 is 18.1. The molecule has 3 N–H and O–H groups in total. The normalized spacial score (nSPS) is 24.9. The van der Waals surface area contributed by atoms with E-state index in [-0.39, 0.29) is 17.4 Å². The molecule has 0 aromatic heterocycles. The van der Waals surface area contributed by atoms with Gasteiger partial charge in [0.1, 0.15) is 18.5 Å². The van der Waals surface area contributed by atoms with Crippen LogP contribution in [-0.2, 0) is 20.7 Å². The maximum absolute atomic E-state index is 6.08. The molecule has 6 heteroatoms. The van der Waals surface area contributed by atoms with Crippen LogP contribution in [0.1, 0.15) is 33.3 Å². The lowest BCUT2D eigenvalue weighted by Gasteiger charge is -2.32. The van der Waals surface area contributed by atoms with Crippen molar-refractivity contribution >= 4 is 7.12 Å². The molecule has 0 aliphatic carbocycles. The topological polar surface area (TPSA) is 65.7 Å². The van der Waals surface area contributed by atoms with Gasteiger partial charge in [-0.2, -0.15) is 0 Å². The molecule has 0 spiro atoms. The van der Waals surface area contributed by atoms with E-state index in [1.165, 1.54) is 0 Å². The molecule has 2 aliphatic heterocycles. The standard InChI is InChI=1S/C18H25BN2O3/c1-17(2)18(3,4)24-19(23-17)14-10-15(16(20)21-11-14)22-12-13-8-6-5-7-9-13/h5-11,16,21H,12,20H2,1-4H3. The van der Waals surface area contributed by atoms with Crippen LogP contribution in [0.3, 0.4) is 0 Å². The Morgan fingerprint density at radius 1 is 1.12 bits per heavy atom. The van der Waals surface area contributed by atoms with E-state index in [2.05, 4.69) is 5.32 Å². The summed E-state index contributed by atoms with van der Waals surface area (Å²) in [4.78, 5) is 0. The lowest BCUT2D eigenvalue weighted by atomic mass is 9.77. The number of nitrogens with one attached hydrogen (secondary N) is 1. The maximum Gasteiger partial charge on any atom is 0.496 e. The lowest BCUT2D eigenvalue weighted by Crippen LogP contribution is -2.41. The molecule has 1 atom stereocenters. The second-order valence-electron chi connectivity index (χ2n) is 7.20. The fourth-order valence-electron chi connectivity index (χ4n) is 2.55. The first-order chi connectivity index (χ1) is 11.3. The zero-order valence-corrected chi connectivity index (χ0v) is 14.7. The van der Waals surface area contributed by atoms with Crippen molar-refractivity contribution in [3.8, 4) is 0 Å². The lowest BCUT2D eigenvalue weighted by molar-refractivity contribution is 0.00578. The summed E-state index contributed by atoms with van der Waals surface area (Å²) in [7, 11) is -0.440. The first kappa shape index (κ1) is 17.1. The molecular weight excluding hydrogens is 303 g/mol. The average Bonchev–Trinajstić information content (AvgIpc) is 2.75. The molecule has 1 aromatic carbocycles. The third kappa shape index (κ3) is 3.36. The minimum atomic E-state index is -0.440. The van der Waals surface area contributed by atoms with E-state index in [4.69, 9.17) is 19.8 Å². The van der Waals surface area contributed by atoms with Crippen molar-refractivity contribution in [2.45, 2.75) is 51.7 Å². The van der Waals surface area contributed by atoms with Crippen molar-refractivity contribution in [3.05, 3.63) is 59.4 Å². The van der Waals surface area contributed by atoms with Gasteiger partial charge in [-0.05, 0) is 45.5 Å². The molecule has 2 aliphatic rings. The van der Waals surface area contributed by atoms with E-state index >= 15 is 0 Å². The Morgan fingerprint density at radius 3 is 2.38 bits per heavy atom.